The lowest BCUT2D eigenvalue weighted by atomic mass is 10.1. The maximum absolute atomic E-state index is 11.1. The Balaban J connectivity index is 2.37. The number of fused-ring (bicyclic) bond motifs is 1. The molecule has 0 bridgehead atoms. The molecule has 6 heteroatoms. The van der Waals surface area contributed by atoms with E-state index in [0.29, 0.717) is 30.2 Å². The summed E-state index contributed by atoms with van der Waals surface area (Å²) in [7, 11) is 1.32. The smallest absolute Gasteiger partial charge is 0.343 e. The molecule has 0 saturated carbocycles. The number of ether oxygens (including phenoxy) is 3. The number of aryl methyl sites for hydroxylation is 1. The van der Waals surface area contributed by atoms with Crippen molar-refractivity contribution in [3.63, 3.8) is 0 Å². The highest BCUT2D eigenvalue weighted by atomic mass is 32.1. The zero-order valence-corrected chi connectivity index (χ0v) is 11.5. The van der Waals surface area contributed by atoms with Gasteiger partial charge in [0, 0.05) is 12.0 Å². The van der Waals surface area contributed by atoms with E-state index in [1.54, 1.807) is 6.07 Å². The van der Waals surface area contributed by atoms with Gasteiger partial charge in [-0.3, -0.25) is 0 Å². The highest BCUT2D eigenvalue weighted by Gasteiger charge is 2.23. The Hall–Kier alpha value is -1.91. The van der Waals surface area contributed by atoms with Gasteiger partial charge in [-0.1, -0.05) is 0 Å². The van der Waals surface area contributed by atoms with Gasteiger partial charge in [0.15, 0.2) is 12.4 Å². The predicted molar refractivity (Wildman–Crippen MR) is 72.6 cm³/mol. The first-order valence-electron chi connectivity index (χ1n) is 5.74. The SMILES string of the molecule is COC(=O)COc1c(C)cc(N=C=S)c2c1CCO2. The molecule has 1 heterocycles. The number of hydrogen-bond acceptors (Lipinski definition) is 6. The molecule has 0 aromatic heterocycles. The third-order valence-electron chi connectivity index (χ3n) is 2.82. The van der Waals surface area contributed by atoms with Crippen LogP contribution in [-0.2, 0) is 16.0 Å². The second kappa shape index (κ2) is 5.82. The topological polar surface area (TPSA) is 57.1 Å². The first-order chi connectivity index (χ1) is 9.17. The minimum atomic E-state index is -0.423. The molecule has 0 amide bonds. The number of hydrogen-bond donors (Lipinski definition) is 0. The van der Waals surface area contributed by atoms with Crippen molar-refractivity contribution in [2.24, 2.45) is 4.99 Å². The lowest BCUT2D eigenvalue weighted by Gasteiger charge is -2.13. The first-order valence-corrected chi connectivity index (χ1v) is 6.15. The number of nitrogens with zero attached hydrogens (tertiary/aromatic N) is 1. The number of carbonyl (C=O) groups excluding carboxylic acids is 1. The van der Waals surface area contributed by atoms with E-state index >= 15 is 0 Å². The summed E-state index contributed by atoms with van der Waals surface area (Å²) in [5.74, 6) is 0.886. The van der Waals surface area contributed by atoms with Gasteiger partial charge in [-0.25, -0.2) is 4.79 Å². The van der Waals surface area contributed by atoms with Gasteiger partial charge in [0.05, 0.1) is 18.9 Å². The molecule has 5 nitrogen and oxygen atoms in total. The van der Waals surface area contributed by atoms with Gasteiger partial charge < -0.3 is 14.2 Å². The van der Waals surface area contributed by atoms with Gasteiger partial charge in [0.2, 0.25) is 0 Å². The number of thiocarbonyl (C=S) groups is 1. The minimum Gasteiger partial charge on any atom is -0.491 e. The Labute approximate surface area is 116 Å². The summed E-state index contributed by atoms with van der Waals surface area (Å²) in [5, 5.41) is 2.33. The van der Waals surface area contributed by atoms with Crippen molar-refractivity contribution in [3.05, 3.63) is 17.2 Å². The largest absolute Gasteiger partial charge is 0.491 e. The van der Waals surface area contributed by atoms with Crippen LogP contribution in [0.3, 0.4) is 0 Å². The van der Waals surface area contributed by atoms with Crippen LogP contribution < -0.4 is 9.47 Å². The second-order valence-electron chi connectivity index (χ2n) is 4.02. The molecule has 0 aliphatic carbocycles. The molecule has 2 rings (SSSR count). The van der Waals surface area contributed by atoms with E-state index in [0.717, 1.165) is 11.1 Å². The Morgan fingerprint density at radius 1 is 1.63 bits per heavy atom. The predicted octanol–water partition coefficient (Wildman–Crippen LogP) is 2.22. The quantitative estimate of drug-likeness (QED) is 0.480. The van der Waals surface area contributed by atoms with Crippen molar-refractivity contribution < 1.29 is 19.0 Å². The number of carbonyl (C=O) groups is 1. The molecule has 0 atom stereocenters. The number of benzene rings is 1. The van der Waals surface area contributed by atoms with Crippen LogP contribution in [0.5, 0.6) is 11.5 Å². The fourth-order valence-electron chi connectivity index (χ4n) is 2.00. The Kier molecular flexibility index (Phi) is 4.14. The molecule has 1 aliphatic rings. The van der Waals surface area contributed by atoms with Crippen molar-refractivity contribution in [1.82, 2.24) is 0 Å². The molecule has 1 aromatic carbocycles. The van der Waals surface area contributed by atoms with Gasteiger partial charge >= 0.3 is 5.97 Å². The molecule has 0 unspecified atom stereocenters. The van der Waals surface area contributed by atoms with E-state index in [2.05, 4.69) is 27.1 Å². The Morgan fingerprint density at radius 2 is 2.42 bits per heavy atom. The lowest BCUT2D eigenvalue weighted by Crippen LogP contribution is -2.13. The number of aliphatic imine (C=N–C) groups is 1. The molecule has 0 spiro atoms. The van der Waals surface area contributed by atoms with Gasteiger partial charge in [0.25, 0.3) is 0 Å². The van der Waals surface area contributed by atoms with Crippen LogP contribution >= 0.6 is 12.2 Å². The molecule has 0 radical (unpaired) electrons. The number of rotatable bonds is 4. The third-order valence-corrected chi connectivity index (χ3v) is 2.91. The summed E-state index contributed by atoms with van der Waals surface area (Å²) < 4.78 is 15.6. The van der Waals surface area contributed by atoms with Crippen LogP contribution in [0, 0.1) is 6.92 Å². The summed E-state index contributed by atoms with van der Waals surface area (Å²) in [5.41, 5.74) is 2.43. The number of esters is 1. The summed E-state index contributed by atoms with van der Waals surface area (Å²) in [6.07, 6.45) is 0.716. The van der Waals surface area contributed by atoms with Crippen molar-refractivity contribution in [2.45, 2.75) is 13.3 Å². The maximum Gasteiger partial charge on any atom is 0.343 e. The van der Waals surface area contributed by atoms with Crippen molar-refractivity contribution in [3.8, 4) is 11.5 Å². The van der Waals surface area contributed by atoms with Gasteiger partial charge in [-0.2, -0.15) is 4.99 Å². The van der Waals surface area contributed by atoms with Crippen molar-refractivity contribution >= 4 is 29.0 Å². The van der Waals surface area contributed by atoms with Crippen molar-refractivity contribution in [2.75, 3.05) is 20.3 Å². The molecule has 100 valence electrons. The fourth-order valence-corrected chi connectivity index (χ4v) is 2.10. The molecule has 1 aromatic rings. The highest BCUT2D eigenvalue weighted by Crippen LogP contribution is 2.43. The fraction of sp³-hybridized carbons (Fsp3) is 0.385. The Bertz CT molecular complexity index is 564. The zero-order chi connectivity index (χ0) is 13.8. The van der Waals surface area contributed by atoms with E-state index in [4.69, 9.17) is 9.47 Å². The van der Waals surface area contributed by atoms with Gasteiger partial charge in [-0.15, -0.1) is 0 Å². The number of isothiocyanates is 1. The maximum atomic E-state index is 11.1. The van der Waals surface area contributed by atoms with Crippen LogP contribution in [0.25, 0.3) is 0 Å². The second-order valence-corrected chi connectivity index (χ2v) is 4.20. The van der Waals surface area contributed by atoms with Crippen molar-refractivity contribution in [1.29, 1.82) is 0 Å². The van der Waals surface area contributed by atoms with Crippen LogP contribution in [0.15, 0.2) is 11.1 Å². The summed E-state index contributed by atoms with van der Waals surface area (Å²) in [4.78, 5) is 15.1. The standard InChI is InChI=1S/C13H13NO4S/c1-8-5-10(14-7-19)13-9(3-4-17-13)12(8)18-6-11(15)16-2/h5H,3-4,6H2,1-2H3. The van der Waals surface area contributed by atoms with E-state index in [9.17, 15) is 4.79 Å². The molecular weight excluding hydrogens is 266 g/mol. The molecule has 0 fully saturated rings. The Morgan fingerprint density at radius 3 is 3.11 bits per heavy atom. The van der Waals surface area contributed by atoms with Gasteiger partial charge in [0.1, 0.15) is 11.4 Å². The van der Waals surface area contributed by atoms with E-state index in [-0.39, 0.29) is 6.61 Å². The highest BCUT2D eigenvalue weighted by molar-refractivity contribution is 7.78. The number of methoxy groups -OCH3 is 1. The lowest BCUT2D eigenvalue weighted by molar-refractivity contribution is -0.142. The van der Waals surface area contributed by atoms with Crippen LogP contribution in [0.4, 0.5) is 5.69 Å². The first kappa shape index (κ1) is 13.5. The molecule has 19 heavy (non-hydrogen) atoms. The average molecular weight is 279 g/mol. The van der Waals surface area contributed by atoms with E-state index < -0.39 is 5.97 Å². The van der Waals surface area contributed by atoms with Crippen LogP contribution in [-0.4, -0.2) is 31.5 Å². The molecule has 1 aliphatic heterocycles. The molecule has 0 saturated heterocycles. The summed E-state index contributed by atoms with van der Waals surface area (Å²) in [6, 6.07) is 1.80. The third kappa shape index (κ3) is 2.75. The van der Waals surface area contributed by atoms with Gasteiger partial charge in [-0.05, 0) is 30.8 Å². The minimum absolute atomic E-state index is 0.125. The van der Waals surface area contributed by atoms with E-state index in [1.807, 2.05) is 6.92 Å². The normalized spacial score (nSPS) is 12.1. The zero-order valence-electron chi connectivity index (χ0n) is 10.7. The van der Waals surface area contributed by atoms with E-state index in [1.165, 1.54) is 7.11 Å². The summed E-state index contributed by atoms with van der Waals surface area (Å²) >= 11 is 4.62. The molecule has 0 N–H and O–H groups in total. The monoisotopic (exact) mass is 279 g/mol. The average Bonchev–Trinajstić information content (AvgIpc) is 2.87. The van der Waals surface area contributed by atoms with Crippen LogP contribution in [0.1, 0.15) is 11.1 Å². The van der Waals surface area contributed by atoms with Crippen LogP contribution in [0.2, 0.25) is 0 Å². The summed E-state index contributed by atoms with van der Waals surface area (Å²) in [6.45, 7) is 2.32. The molecular formula is C13H13NO4S.